The Balaban J connectivity index is 1.71. The third-order valence-corrected chi connectivity index (χ3v) is 6.04. The SMILES string of the molecule is O=C(O)CC1Oc2ccccc2N(Cc2nc3cccc(Br)c3s2)C1=O. The van der Waals surface area contributed by atoms with Gasteiger partial charge in [-0.05, 0) is 40.2 Å². The number of fused-ring (bicyclic) bond motifs is 2. The topological polar surface area (TPSA) is 79.7 Å². The van der Waals surface area contributed by atoms with Gasteiger partial charge in [0.05, 0.1) is 28.9 Å². The molecule has 0 radical (unpaired) electrons. The molecule has 2 heterocycles. The summed E-state index contributed by atoms with van der Waals surface area (Å²) >= 11 is 5.01. The first-order valence-corrected chi connectivity index (χ1v) is 9.46. The summed E-state index contributed by atoms with van der Waals surface area (Å²) in [5.41, 5.74) is 1.48. The molecule has 4 rings (SSSR count). The minimum atomic E-state index is -1.08. The monoisotopic (exact) mass is 432 g/mol. The van der Waals surface area contributed by atoms with Gasteiger partial charge in [-0.25, -0.2) is 4.98 Å². The number of amides is 1. The van der Waals surface area contributed by atoms with Crippen LogP contribution < -0.4 is 9.64 Å². The molecule has 1 aliphatic heterocycles. The molecule has 6 nitrogen and oxygen atoms in total. The third-order valence-electron chi connectivity index (χ3n) is 4.03. The van der Waals surface area contributed by atoms with Crippen LogP contribution in [-0.4, -0.2) is 28.1 Å². The van der Waals surface area contributed by atoms with Gasteiger partial charge in [0.1, 0.15) is 10.8 Å². The van der Waals surface area contributed by atoms with Gasteiger partial charge < -0.3 is 9.84 Å². The lowest BCUT2D eigenvalue weighted by atomic mass is 10.1. The van der Waals surface area contributed by atoms with Crippen molar-refractivity contribution in [2.45, 2.75) is 19.1 Å². The van der Waals surface area contributed by atoms with E-state index in [2.05, 4.69) is 20.9 Å². The Kier molecular flexibility index (Phi) is 4.37. The first kappa shape index (κ1) is 17.0. The predicted molar refractivity (Wildman–Crippen MR) is 102 cm³/mol. The number of aliphatic carboxylic acids is 1. The zero-order valence-corrected chi connectivity index (χ0v) is 15.8. The summed E-state index contributed by atoms with van der Waals surface area (Å²) in [6.07, 6.45) is -1.42. The van der Waals surface area contributed by atoms with Crippen LogP contribution in [0.4, 0.5) is 5.69 Å². The molecule has 0 saturated heterocycles. The maximum Gasteiger partial charge on any atom is 0.307 e. The molecule has 3 aromatic rings. The number of carboxylic acid groups (broad SMARTS) is 1. The minimum absolute atomic E-state index is 0.265. The highest BCUT2D eigenvalue weighted by Crippen LogP contribution is 2.37. The number of benzene rings is 2. The van der Waals surface area contributed by atoms with E-state index in [0.29, 0.717) is 11.4 Å². The van der Waals surface area contributed by atoms with Crippen molar-refractivity contribution in [3.05, 3.63) is 51.9 Å². The van der Waals surface area contributed by atoms with Crippen molar-refractivity contribution in [2.75, 3.05) is 4.90 Å². The smallest absolute Gasteiger partial charge is 0.307 e. The number of hydrogen-bond acceptors (Lipinski definition) is 5. The number of carbonyl (C=O) groups is 2. The number of hydrogen-bond donors (Lipinski definition) is 1. The van der Waals surface area contributed by atoms with E-state index in [-0.39, 0.29) is 18.9 Å². The van der Waals surface area contributed by atoms with E-state index in [0.717, 1.165) is 19.7 Å². The largest absolute Gasteiger partial charge is 0.481 e. The number of ether oxygens (including phenoxy) is 1. The minimum Gasteiger partial charge on any atom is -0.481 e. The van der Waals surface area contributed by atoms with Crippen molar-refractivity contribution >= 4 is 55.0 Å². The van der Waals surface area contributed by atoms with E-state index >= 15 is 0 Å². The molecule has 1 N–H and O–H groups in total. The molecule has 2 aromatic carbocycles. The number of nitrogens with zero attached hydrogens (tertiary/aromatic N) is 2. The summed E-state index contributed by atoms with van der Waals surface area (Å²) < 4.78 is 7.57. The second kappa shape index (κ2) is 6.69. The Morgan fingerprint density at radius 3 is 2.85 bits per heavy atom. The van der Waals surface area contributed by atoms with E-state index in [9.17, 15) is 9.59 Å². The molecular weight excluding hydrogens is 420 g/mol. The number of aromatic nitrogens is 1. The fraction of sp³-hybridized carbons (Fsp3) is 0.167. The van der Waals surface area contributed by atoms with Crippen molar-refractivity contribution in [1.82, 2.24) is 4.98 Å². The maximum absolute atomic E-state index is 12.8. The fourth-order valence-corrected chi connectivity index (χ4v) is 4.45. The Hall–Kier alpha value is -2.45. The molecule has 1 unspecified atom stereocenters. The van der Waals surface area contributed by atoms with Crippen LogP contribution in [0.1, 0.15) is 11.4 Å². The fourth-order valence-electron chi connectivity index (χ4n) is 2.89. The summed E-state index contributed by atoms with van der Waals surface area (Å²) in [7, 11) is 0. The highest BCUT2D eigenvalue weighted by Gasteiger charge is 2.36. The van der Waals surface area contributed by atoms with E-state index < -0.39 is 12.1 Å². The van der Waals surface area contributed by atoms with Gasteiger partial charge in [0.15, 0.2) is 6.10 Å². The number of carbonyl (C=O) groups excluding carboxylic acids is 1. The number of para-hydroxylation sites is 2. The summed E-state index contributed by atoms with van der Waals surface area (Å²) in [4.78, 5) is 30.0. The molecule has 0 aliphatic carbocycles. The quantitative estimate of drug-likeness (QED) is 0.677. The van der Waals surface area contributed by atoms with Gasteiger partial charge in [0.2, 0.25) is 0 Å². The first-order chi connectivity index (χ1) is 12.5. The lowest BCUT2D eigenvalue weighted by Crippen LogP contribution is -2.46. The molecule has 0 spiro atoms. The second-order valence-electron chi connectivity index (χ2n) is 5.79. The molecule has 1 amide bonds. The normalized spacial score (nSPS) is 16.4. The molecule has 0 saturated carbocycles. The molecular formula is C18H13BrN2O4S. The van der Waals surface area contributed by atoms with E-state index in [1.54, 1.807) is 23.1 Å². The number of thiazole rings is 1. The molecule has 1 aromatic heterocycles. The van der Waals surface area contributed by atoms with Gasteiger partial charge in [-0.3, -0.25) is 14.5 Å². The first-order valence-electron chi connectivity index (χ1n) is 7.85. The number of rotatable bonds is 4. The zero-order chi connectivity index (χ0) is 18.3. The number of halogens is 1. The highest BCUT2D eigenvalue weighted by molar-refractivity contribution is 9.10. The van der Waals surface area contributed by atoms with Gasteiger partial charge >= 0.3 is 5.97 Å². The highest BCUT2D eigenvalue weighted by atomic mass is 79.9. The van der Waals surface area contributed by atoms with Crippen molar-refractivity contribution in [3.63, 3.8) is 0 Å². The van der Waals surface area contributed by atoms with Gasteiger partial charge in [0.25, 0.3) is 5.91 Å². The van der Waals surface area contributed by atoms with E-state index in [1.807, 2.05) is 24.3 Å². The van der Waals surface area contributed by atoms with Crippen molar-refractivity contribution in [1.29, 1.82) is 0 Å². The molecule has 8 heteroatoms. The summed E-state index contributed by atoms with van der Waals surface area (Å²) in [6.45, 7) is 0.265. The molecule has 132 valence electrons. The van der Waals surface area contributed by atoms with Gasteiger partial charge in [-0.15, -0.1) is 11.3 Å². The van der Waals surface area contributed by atoms with Gasteiger partial charge in [0, 0.05) is 4.47 Å². The maximum atomic E-state index is 12.8. The second-order valence-corrected chi connectivity index (χ2v) is 7.73. The zero-order valence-electron chi connectivity index (χ0n) is 13.4. The Morgan fingerprint density at radius 1 is 1.27 bits per heavy atom. The van der Waals surface area contributed by atoms with Crippen LogP contribution in [-0.2, 0) is 16.1 Å². The molecule has 1 aliphatic rings. The van der Waals surface area contributed by atoms with Crippen molar-refractivity contribution < 1.29 is 19.4 Å². The van der Waals surface area contributed by atoms with E-state index in [4.69, 9.17) is 9.84 Å². The summed E-state index contributed by atoms with van der Waals surface area (Å²) in [6, 6.07) is 12.9. The molecule has 0 bridgehead atoms. The lowest BCUT2D eigenvalue weighted by Gasteiger charge is -2.33. The summed E-state index contributed by atoms with van der Waals surface area (Å²) in [5, 5.41) is 9.84. The Bertz CT molecular complexity index is 1020. The summed E-state index contributed by atoms with van der Waals surface area (Å²) in [5.74, 6) is -0.948. The Morgan fingerprint density at radius 2 is 2.08 bits per heavy atom. The average Bonchev–Trinajstić information content (AvgIpc) is 3.02. The number of carboxylic acids is 1. The van der Waals surface area contributed by atoms with Crippen molar-refractivity contribution in [3.8, 4) is 5.75 Å². The predicted octanol–water partition coefficient (Wildman–Crippen LogP) is 3.83. The molecule has 26 heavy (non-hydrogen) atoms. The average molecular weight is 433 g/mol. The van der Waals surface area contributed by atoms with Crippen molar-refractivity contribution in [2.24, 2.45) is 0 Å². The van der Waals surface area contributed by atoms with Crippen LogP contribution >= 0.6 is 27.3 Å². The van der Waals surface area contributed by atoms with Crippen LogP contribution in [0.2, 0.25) is 0 Å². The van der Waals surface area contributed by atoms with E-state index in [1.165, 1.54) is 11.3 Å². The standard InChI is InChI=1S/C18H13BrN2O4S/c19-10-4-3-5-11-17(10)26-15(20-11)9-21-12-6-1-2-7-13(12)25-14(18(21)24)8-16(22)23/h1-7,14H,8-9H2,(H,22,23). The van der Waals surface area contributed by atoms with Crippen LogP contribution in [0, 0.1) is 0 Å². The van der Waals surface area contributed by atoms with Crippen LogP contribution in [0.15, 0.2) is 46.9 Å². The van der Waals surface area contributed by atoms with Gasteiger partial charge in [-0.2, -0.15) is 0 Å². The lowest BCUT2D eigenvalue weighted by molar-refractivity contribution is -0.142. The van der Waals surface area contributed by atoms with Crippen LogP contribution in [0.5, 0.6) is 5.75 Å². The van der Waals surface area contributed by atoms with Gasteiger partial charge in [-0.1, -0.05) is 18.2 Å². The number of anilines is 1. The van der Waals surface area contributed by atoms with Crippen LogP contribution in [0.25, 0.3) is 10.2 Å². The van der Waals surface area contributed by atoms with Crippen LogP contribution in [0.3, 0.4) is 0 Å². The Labute approximate surface area is 161 Å². The molecule has 1 atom stereocenters. The molecule has 0 fully saturated rings. The third kappa shape index (κ3) is 3.06.